The molecule has 4 heavy (non-hydrogen) atoms. The summed E-state index contributed by atoms with van der Waals surface area (Å²) in [5, 5.41) is 0. The van der Waals surface area contributed by atoms with Crippen LogP contribution in [0.4, 0.5) is 0 Å². The fourth-order valence-electron chi connectivity index (χ4n) is 0. The molecule has 0 unspecified atom stereocenters. The van der Waals surface area contributed by atoms with Gasteiger partial charge in [0.2, 0.25) is 0 Å². The summed E-state index contributed by atoms with van der Waals surface area (Å²) in [6.07, 6.45) is 0. The molecule has 0 aliphatic carbocycles. The minimum absolute atomic E-state index is 0. The van der Waals surface area contributed by atoms with Crippen molar-refractivity contribution in [2.45, 2.75) is 0 Å². The van der Waals surface area contributed by atoms with Crippen LogP contribution < -0.4 is 37.2 Å². The molecule has 0 bridgehead atoms. The number of rotatable bonds is 0. The van der Waals surface area contributed by atoms with E-state index in [0.29, 0.717) is 0 Å². The molecule has 0 radical (unpaired) electrons. The van der Waals surface area contributed by atoms with E-state index in [1.165, 1.54) is 0 Å². The standard InChI is InChI=1S/3ClH.Zn/h3*1H;/q;;;+2/p-3. The molecule has 0 aromatic carbocycles. The molecule has 0 nitrogen and oxygen atoms in total. The second-order valence-electron chi connectivity index (χ2n) is 0. The van der Waals surface area contributed by atoms with Gasteiger partial charge in [-0.2, -0.15) is 0 Å². The van der Waals surface area contributed by atoms with E-state index < -0.39 is 0 Å². The zero-order chi connectivity index (χ0) is 0. The van der Waals surface area contributed by atoms with Crippen molar-refractivity contribution in [1.82, 2.24) is 0 Å². The smallest absolute Gasteiger partial charge is 1.00 e. The summed E-state index contributed by atoms with van der Waals surface area (Å²) in [6.45, 7) is 0. The second-order valence-corrected chi connectivity index (χ2v) is 0. The average molecular weight is 172 g/mol. The van der Waals surface area contributed by atoms with Crippen molar-refractivity contribution in [3.63, 3.8) is 0 Å². The van der Waals surface area contributed by atoms with Crippen LogP contribution in [-0.2, 0) is 19.5 Å². The van der Waals surface area contributed by atoms with Gasteiger partial charge in [0.25, 0.3) is 0 Å². The van der Waals surface area contributed by atoms with Gasteiger partial charge in [0.15, 0.2) is 0 Å². The minimum atomic E-state index is 0. The molecule has 0 N–H and O–H groups in total. The molecule has 24 valence electrons. The van der Waals surface area contributed by atoms with Gasteiger partial charge in [0.05, 0.1) is 0 Å². The van der Waals surface area contributed by atoms with Crippen LogP contribution in [0.2, 0.25) is 0 Å². The Bertz CT molecular complexity index is 3.25. The van der Waals surface area contributed by atoms with Gasteiger partial charge < -0.3 is 37.2 Å². The van der Waals surface area contributed by atoms with Crippen molar-refractivity contribution in [2.75, 3.05) is 0 Å². The van der Waals surface area contributed by atoms with Gasteiger partial charge in [-0.1, -0.05) is 0 Å². The number of halogens is 3. The summed E-state index contributed by atoms with van der Waals surface area (Å²) in [5.41, 5.74) is 0. The molecule has 0 aromatic rings. The third-order valence-electron chi connectivity index (χ3n) is 0. The van der Waals surface area contributed by atoms with Crippen molar-refractivity contribution in [1.29, 1.82) is 0 Å². The maximum atomic E-state index is 0. The normalized spacial score (nSPS) is 0. The van der Waals surface area contributed by atoms with Crippen LogP contribution in [0.25, 0.3) is 0 Å². The van der Waals surface area contributed by atoms with Gasteiger partial charge in [-0.05, 0) is 0 Å². The van der Waals surface area contributed by atoms with Gasteiger partial charge in [-0.3, -0.25) is 0 Å². The molecule has 0 aromatic heterocycles. The van der Waals surface area contributed by atoms with E-state index in [0.717, 1.165) is 0 Å². The molecule has 0 spiro atoms. The Hall–Kier alpha value is 1.49. The molecular weight excluding hydrogens is 172 g/mol. The maximum absolute atomic E-state index is 0. The van der Waals surface area contributed by atoms with E-state index in [1.807, 2.05) is 0 Å². The first-order valence-electron chi connectivity index (χ1n) is 0. The molecule has 0 rings (SSSR count). The van der Waals surface area contributed by atoms with Gasteiger partial charge in [-0.15, -0.1) is 0 Å². The Morgan fingerprint density at radius 3 is 0.500 bits per heavy atom. The Morgan fingerprint density at radius 2 is 0.500 bits per heavy atom. The molecule has 0 atom stereocenters. The number of hydrogen-bond acceptors (Lipinski definition) is 0. The third-order valence-corrected chi connectivity index (χ3v) is 0. The molecule has 0 aliphatic rings. The summed E-state index contributed by atoms with van der Waals surface area (Å²) in [7, 11) is 0. The minimum Gasteiger partial charge on any atom is -1.00 e. The monoisotopic (exact) mass is 169 g/mol. The molecule has 0 aliphatic heterocycles. The Morgan fingerprint density at radius 1 is 0.500 bits per heavy atom. The summed E-state index contributed by atoms with van der Waals surface area (Å²) < 4.78 is 0. The van der Waals surface area contributed by atoms with Crippen molar-refractivity contribution >= 4 is 0 Å². The van der Waals surface area contributed by atoms with E-state index in [4.69, 9.17) is 0 Å². The molecule has 0 amide bonds. The van der Waals surface area contributed by atoms with Crippen molar-refractivity contribution < 1.29 is 56.7 Å². The van der Waals surface area contributed by atoms with Crippen LogP contribution in [0.5, 0.6) is 0 Å². The fourth-order valence-corrected chi connectivity index (χ4v) is 0. The first-order chi connectivity index (χ1) is 0. The van der Waals surface area contributed by atoms with Gasteiger partial charge >= 0.3 is 19.5 Å². The molecule has 4 heteroatoms. The summed E-state index contributed by atoms with van der Waals surface area (Å²) in [4.78, 5) is 0. The van der Waals surface area contributed by atoms with Crippen LogP contribution in [0, 0.1) is 0 Å². The van der Waals surface area contributed by atoms with Crippen LogP contribution >= 0.6 is 0 Å². The van der Waals surface area contributed by atoms with Gasteiger partial charge in [0.1, 0.15) is 0 Å². The molecule has 0 heterocycles. The third kappa shape index (κ3) is 9.74. The van der Waals surface area contributed by atoms with E-state index >= 15 is 0 Å². The predicted molar refractivity (Wildman–Crippen MR) is 0 cm³/mol. The zero-order valence-electron chi connectivity index (χ0n) is 1.84. The Balaban J connectivity index is 0. The van der Waals surface area contributed by atoms with Gasteiger partial charge in [0, 0.05) is 0 Å². The van der Waals surface area contributed by atoms with E-state index in [2.05, 4.69) is 0 Å². The largest absolute Gasteiger partial charge is 2.00 e. The van der Waals surface area contributed by atoms with Crippen molar-refractivity contribution in [2.24, 2.45) is 0 Å². The fraction of sp³-hybridized carbons (Fsp3) is 0. The van der Waals surface area contributed by atoms with E-state index in [1.54, 1.807) is 0 Å². The van der Waals surface area contributed by atoms with Crippen LogP contribution in [-0.4, -0.2) is 0 Å². The Kier molecular flexibility index (Phi) is 306. The van der Waals surface area contributed by atoms with E-state index in [-0.39, 0.29) is 56.7 Å². The van der Waals surface area contributed by atoms with Gasteiger partial charge in [-0.25, -0.2) is 0 Å². The SMILES string of the molecule is [Cl-].[Cl-].[Cl-].[Zn+2]. The van der Waals surface area contributed by atoms with E-state index in [9.17, 15) is 0 Å². The summed E-state index contributed by atoms with van der Waals surface area (Å²) in [5.74, 6) is 0. The first-order valence-corrected chi connectivity index (χ1v) is 0. The van der Waals surface area contributed by atoms with Crippen molar-refractivity contribution in [3.05, 3.63) is 0 Å². The summed E-state index contributed by atoms with van der Waals surface area (Å²) in [6, 6.07) is 0. The first kappa shape index (κ1) is 49.7. The molecular formula is Cl3Zn-. The van der Waals surface area contributed by atoms with Crippen molar-refractivity contribution in [3.8, 4) is 0 Å². The maximum Gasteiger partial charge on any atom is 2.00 e. The predicted octanol–water partition coefficient (Wildman–Crippen LogP) is -8.99. The van der Waals surface area contributed by atoms with Crippen LogP contribution in [0.3, 0.4) is 0 Å². The Labute approximate surface area is 56.7 Å². The molecule has 0 saturated carbocycles. The summed E-state index contributed by atoms with van der Waals surface area (Å²) >= 11 is 0. The average Bonchev–Trinajstić information content (AvgIpc) is 0. The quantitative estimate of drug-likeness (QED) is 0.318. The number of hydrogen-bond donors (Lipinski definition) is 0. The second kappa shape index (κ2) is 24.6. The molecule has 0 saturated heterocycles. The topological polar surface area (TPSA) is 0 Å². The van der Waals surface area contributed by atoms with Crippen LogP contribution in [0.1, 0.15) is 0 Å². The molecule has 0 fully saturated rings. The van der Waals surface area contributed by atoms with Crippen LogP contribution in [0.15, 0.2) is 0 Å². The zero-order valence-corrected chi connectivity index (χ0v) is 7.08.